The number of aromatic nitrogens is 3. The van der Waals surface area contributed by atoms with E-state index in [0.717, 1.165) is 38.8 Å². The topological polar surface area (TPSA) is 77.1 Å². The lowest BCUT2D eigenvalue weighted by molar-refractivity contribution is -0.137. The van der Waals surface area contributed by atoms with Gasteiger partial charge in [0.1, 0.15) is 0 Å². The first-order valence-electron chi connectivity index (χ1n) is 10.2. The van der Waals surface area contributed by atoms with Gasteiger partial charge >= 0.3 is 11.7 Å². The number of fused-ring (bicyclic) bond motifs is 2. The van der Waals surface area contributed by atoms with Crippen LogP contribution in [0.1, 0.15) is 49.0 Å². The van der Waals surface area contributed by atoms with Crippen molar-refractivity contribution in [2.75, 3.05) is 0 Å². The zero-order valence-corrected chi connectivity index (χ0v) is 18.2. The third-order valence-electron chi connectivity index (χ3n) is 5.56. The Kier molecular flexibility index (Phi) is 5.47. The number of imidazole rings is 1. The van der Waals surface area contributed by atoms with Crippen molar-refractivity contribution in [3.8, 4) is 0 Å². The molecule has 0 fully saturated rings. The molecular formula is C23H25N3O3S. The summed E-state index contributed by atoms with van der Waals surface area (Å²) in [4.78, 5) is 24.9. The lowest BCUT2D eigenvalue weighted by Gasteiger charge is -2.15. The van der Waals surface area contributed by atoms with Crippen molar-refractivity contribution in [3.05, 3.63) is 63.7 Å². The fourth-order valence-electron chi connectivity index (χ4n) is 4.37. The van der Waals surface area contributed by atoms with E-state index in [4.69, 9.17) is 0 Å². The smallest absolute Gasteiger partial charge is 0.329 e. The number of carbonyl (C=O) groups is 1. The van der Waals surface area contributed by atoms with Crippen LogP contribution in [-0.4, -0.2) is 24.6 Å². The van der Waals surface area contributed by atoms with Gasteiger partial charge < -0.3 is 5.11 Å². The van der Waals surface area contributed by atoms with Crippen LogP contribution in [0.4, 0.5) is 0 Å². The van der Waals surface area contributed by atoms with E-state index in [1.165, 1.54) is 17.1 Å². The monoisotopic (exact) mass is 423 g/mol. The molecule has 30 heavy (non-hydrogen) atoms. The zero-order valence-electron chi connectivity index (χ0n) is 17.4. The van der Waals surface area contributed by atoms with Crippen molar-refractivity contribution < 1.29 is 9.90 Å². The molecule has 0 aliphatic rings. The molecule has 0 aliphatic carbocycles. The number of carboxylic acids is 1. The minimum atomic E-state index is -0.895. The fraction of sp³-hybridized carbons (Fsp3) is 0.348. The van der Waals surface area contributed by atoms with Gasteiger partial charge in [0.2, 0.25) is 0 Å². The Hall–Kier alpha value is -2.93. The zero-order chi connectivity index (χ0) is 21.4. The molecule has 156 valence electrons. The summed E-state index contributed by atoms with van der Waals surface area (Å²) >= 11 is 1.45. The van der Waals surface area contributed by atoms with Gasteiger partial charge in [0, 0.05) is 11.4 Å². The summed E-state index contributed by atoms with van der Waals surface area (Å²) in [6.07, 6.45) is 1.37. The Morgan fingerprint density at radius 3 is 2.63 bits per heavy atom. The first kappa shape index (κ1) is 20.3. The number of carboxylic acid groups (broad SMARTS) is 1. The van der Waals surface area contributed by atoms with Crippen LogP contribution >= 0.6 is 11.5 Å². The fourth-order valence-corrected chi connectivity index (χ4v) is 5.34. The summed E-state index contributed by atoms with van der Waals surface area (Å²) in [5, 5.41) is 10.5. The summed E-state index contributed by atoms with van der Waals surface area (Å²) in [6.45, 7) is 6.51. The van der Waals surface area contributed by atoms with Crippen LogP contribution in [0.15, 0.2) is 41.2 Å². The second kappa shape index (κ2) is 8.07. The van der Waals surface area contributed by atoms with E-state index in [2.05, 4.69) is 30.4 Å². The molecule has 0 aliphatic heterocycles. The van der Waals surface area contributed by atoms with Crippen LogP contribution in [0.25, 0.3) is 21.1 Å². The maximum Gasteiger partial charge on any atom is 0.329 e. The molecule has 6 nitrogen and oxygen atoms in total. The molecule has 0 unspecified atom stereocenters. The summed E-state index contributed by atoms with van der Waals surface area (Å²) < 4.78 is 9.17. The van der Waals surface area contributed by atoms with E-state index >= 15 is 0 Å². The normalized spacial score (nSPS) is 12.6. The second-order valence-corrected chi connectivity index (χ2v) is 8.66. The quantitative estimate of drug-likeness (QED) is 0.459. The minimum absolute atomic E-state index is 0.0697. The molecule has 0 amide bonds. The highest BCUT2D eigenvalue weighted by molar-refractivity contribution is 7.13. The van der Waals surface area contributed by atoms with Crippen molar-refractivity contribution in [2.45, 2.75) is 52.6 Å². The third kappa shape index (κ3) is 3.54. The molecule has 2 aromatic heterocycles. The number of para-hydroxylation sites is 2. The van der Waals surface area contributed by atoms with Crippen LogP contribution < -0.4 is 5.69 Å². The SMILES string of the molecule is CCC[C@@H](CC(=O)O)n1c(=O)n(Cc2nsc3cc(C)cc(C)c23)c2ccccc21. The van der Waals surface area contributed by atoms with Crippen molar-refractivity contribution in [3.63, 3.8) is 0 Å². The van der Waals surface area contributed by atoms with Crippen molar-refractivity contribution in [1.29, 1.82) is 0 Å². The molecule has 2 heterocycles. The predicted molar refractivity (Wildman–Crippen MR) is 121 cm³/mol. The molecule has 0 saturated carbocycles. The molecular weight excluding hydrogens is 398 g/mol. The molecule has 2 aromatic carbocycles. The predicted octanol–water partition coefficient (Wildman–Crippen LogP) is 4.89. The number of aliphatic carboxylic acids is 1. The van der Waals surface area contributed by atoms with Gasteiger partial charge in [-0.3, -0.25) is 13.9 Å². The number of aryl methyl sites for hydroxylation is 2. The van der Waals surface area contributed by atoms with Gasteiger partial charge in [0.25, 0.3) is 0 Å². The van der Waals surface area contributed by atoms with E-state index in [9.17, 15) is 14.7 Å². The highest BCUT2D eigenvalue weighted by atomic mass is 32.1. The lowest BCUT2D eigenvalue weighted by Crippen LogP contribution is -2.29. The Morgan fingerprint density at radius 2 is 1.93 bits per heavy atom. The average molecular weight is 424 g/mol. The van der Waals surface area contributed by atoms with Crippen LogP contribution in [0.3, 0.4) is 0 Å². The number of nitrogens with zero attached hydrogens (tertiary/aromatic N) is 3. The third-order valence-corrected chi connectivity index (χ3v) is 6.39. The highest BCUT2D eigenvalue weighted by Crippen LogP contribution is 2.29. The van der Waals surface area contributed by atoms with E-state index in [-0.39, 0.29) is 18.2 Å². The van der Waals surface area contributed by atoms with Gasteiger partial charge in [0.05, 0.1) is 34.4 Å². The lowest BCUT2D eigenvalue weighted by atomic mass is 10.1. The van der Waals surface area contributed by atoms with Crippen molar-refractivity contribution >= 4 is 38.6 Å². The molecule has 0 saturated heterocycles. The number of hydrogen-bond acceptors (Lipinski definition) is 4. The van der Waals surface area contributed by atoms with E-state index in [1.807, 2.05) is 31.2 Å². The van der Waals surface area contributed by atoms with Gasteiger partial charge in [-0.25, -0.2) is 4.79 Å². The van der Waals surface area contributed by atoms with Crippen LogP contribution in [0.5, 0.6) is 0 Å². The van der Waals surface area contributed by atoms with Crippen LogP contribution in [0, 0.1) is 13.8 Å². The maximum atomic E-state index is 13.5. The molecule has 0 radical (unpaired) electrons. The molecule has 4 aromatic rings. The summed E-state index contributed by atoms with van der Waals surface area (Å²) in [5.41, 5.74) is 4.62. The van der Waals surface area contributed by atoms with Gasteiger partial charge in [-0.15, -0.1) is 0 Å². The minimum Gasteiger partial charge on any atom is -0.481 e. The van der Waals surface area contributed by atoms with Crippen LogP contribution in [0.2, 0.25) is 0 Å². The standard InChI is InChI=1S/C23H25N3O3S/c1-4-7-16(12-21(27)28)26-19-9-6-5-8-18(19)25(23(26)29)13-17-22-15(3)10-14(2)11-20(22)30-24-17/h5-6,8-11,16H,4,7,12-13H2,1-3H3,(H,27,28)/t16-/m0/s1. The maximum absolute atomic E-state index is 13.5. The van der Waals surface area contributed by atoms with Crippen LogP contribution in [-0.2, 0) is 11.3 Å². The number of hydrogen-bond donors (Lipinski definition) is 1. The van der Waals surface area contributed by atoms with Gasteiger partial charge in [-0.2, -0.15) is 4.37 Å². The molecule has 1 N–H and O–H groups in total. The largest absolute Gasteiger partial charge is 0.481 e. The van der Waals surface area contributed by atoms with Gasteiger partial charge in [-0.1, -0.05) is 31.5 Å². The van der Waals surface area contributed by atoms with E-state index in [1.54, 1.807) is 9.13 Å². The summed E-state index contributed by atoms with van der Waals surface area (Å²) in [5.74, 6) is -0.895. The molecule has 0 bridgehead atoms. The molecule has 1 atom stereocenters. The molecule has 0 spiro atoms. The van der Waals surface area contributed by atoms with E-state index < -0.39 is 5.97 Å². The molecule has 7 heteroatoms. The first-order valence-corrected chi connectivity index (χ1v) is 10.9. The Labute approximate surface area is 178 Å². The Morgan fingerprint density at radius 1 is 1.20 bits per heavy atom. The number of rotatable bonds is 7. The Balaban J connectivity index is 1.88. The van der Waals surface area contributed by atoms with Crippen molar-refractivity contribution in [2.24, 2.45) is 0 Å². The highest BCUT2D eigenvalue weighted by Gasteiger charge is 2.23. The summed E-state index contributed by atoms with van der Waals surface area (Å²) in [7, 11) is 0. The second-order valence-electron chi connectivity index (χ2n) is 7.85. The van der Waals surface area contributed by atoms with Gasteiger partial charge in [0.15, 0.2) is 0 Å². The van der Waals surface area contributed by atoms with Crippen molar-refractivity contribution in [1.82, 2.24) is 13.5 Å². The average Bonchev–Trinajstić information content (AvgIpc) is 3.21. The molecule has 4 rings (SSSR count). The summed E-state index contributed by atoms with van der Waals surface area (Å²) in [6, 6.07) is 11.5. The first-order chi connectivity index (χ1) is 14.4. The Bertz CT molecular complexity index is 1300. The number of benzene rings is 2. The van der Waals surface area contributed by atoms with Gasteiger partial charge in [-0.05, 0) is 61.1 Å². The van der Waals surface area contributed by atoms with E-state index in [0.29, 0.717) is 13.0 Å².